The van der Waals surface area contributed by atoms with Crippen molar-refractivity contribution in [2.45, 2.75) is 58.1 Å². The SMILES string of the molecule is CCC1CC(C#N)=C2C(=N1)CCCc1ccc(F)cc1C(C)Oc1nc2cnc1N. The minimum Gasteiger partial charge on any atom is -0.467 e. The fraction of sp³-hybridized carbons (Fsp3) is 0.391. The van der Waals surface area contributed by atoms with Crippen LogP contribution in [0.2, 0.25) is 0 Å². The first-order chi connectivity index (χ1) is 14.5. The average molecular weight is 405 g/mol. The number of nitrogens with two attached hydrogens (primary N) is 1. The third kappa shape index (κ3) is 3.78. The molecule has 6 nitrogen and oxygen atoms in total. The molecule has 2 atom stereocenters. The van der Waals surface area contributed by atoms with Gasteiger partial charge in [0, 0.05) is 23.3 Å². The molecule has 2 unspecified atom stereocenters. The second-order valence-electron chi connectivity index (χ2n) is 7.71. The van der Waals surface area contributed by atoms with Gasteiger partial charge in [-0.15, -0.1) is 0 Å². The standard InChI is InChI=1S/C23H24FN5O/c1-3-17-9-15(11-25)21-19(28-17)6-4-5-14-7-8-16(24)10-18(14)13(2)30-23-22(26)27-12-20(21)29-23/h7-8,10,12-13,17H,3-6,9H2,1-2H3,(H2,26,27). The van der Waals surface area contributed by atoms with Gasteiger partial charge in [-0.25, -0.2) is 14.4 Å². The molecule has 2 aliphatic rings. The number of benzene rings is 1. The second kappa shape index (κ2) is 8.23. The zero-order valence-corrected chi connectivity index (χ0v) is 17.2. The largest absolute Gasteiger partial charge is 0.467 e. The number of rotatable bonds is 1. The molecule has 7 heteroatoms. The fourth-order valence-corrected chi connectivity index (χ4v) is 4.11. The Kier molecular flexibility index (Phi) is 5.49. The van der Waals surface area contributed by atoms with Crippen LogP contribution in [0.5, 0.6) is 5.88 Å². The zero-order chi connectivity index (χ0) is 21.3. The number of ether oxygens (including phenoxy) is 1. The van der Waals surface area contributed by atoms with Crippen molar-refractivity contribution in [1.82, 2.24) is 9.97 Å². The van der Waals surface area contributed by atoms with Crippen LogP contribution >= 0.6 is 0 Å². The molecule has 30 heavy (non-hydrogen) atoms. The number of allylic oxidation sites excluding steroid dienone is 1. The van der Waals surface area contributed by atoms with Crippen molar-refractivity contribution in [2.24, 2.45) is 4.99 Å². The molecule has 0 amide bonds. The van der Waals surface area contributed by atoms with Gasteiger partial charge in [0.2, 0.25) is 0 Å². The maximum Gasteiger partial charge on any atom is 0.258 e. The van der Waals surface area contributed by atoms with Gasteiger partial charge in [-0.3, -0.25) is 4.99 Å². The molecule has 2 N–H and O–H groups in total. The van der Waals surface area contributed by atoms with Crippen LogP contribution in [0.1, 0.15) is 62.5 Å². The number of aromatic nitrogens is 2. The maximum atomic E-state index is 13.9. The van der Waals surface area contributed by atoms with Gasteiger partial charge in [0.1, 0.15) is 11.9 Å². The molecule has 0 radical (unpaired) electrons. The average Bonchev–Trinajstić information content (AvgIpc) is 2.75. The Morgan fingerprint density at radius 3 is 2.93 bits per heavy atom. The van der Waals surface area contributed by atoms with Gasteiger partial charge in [-0.2, -0.15) is 5.26 Å². The van der Waals surface area contributed by atoms with E-state index in [1.807, 2.05) is 6.92 Å². The Morgan fingerprint density at radius 2 is 2.17 bits per heavy atom. The van der Waals surface area contributed by atoms with Crippen LogP contribution in [0.15, 0.2) is 35.0 Å². The number of aryl methyl sites for hydroxylation is 1. The quantitative estimate of drug-likeness (QED) is 0.749. The molecule has 4 rings (SSSR count). The molecular weight excluding hydrogens is 381 g/mol. The summed E-state index contributed by atoms with van der Waals surface area (Å²) in [6.07, 6.45) is 4.85. The third-order valence-electron chi connectivity index (χ3n) is 5.69. The summed E-state index contributed by atoms with van der Waals surface area (Å²) in [6, 6.07) is 7.21. The Bertz CT molecular complexity index is 1090. The van der Waals surface area contributed by atoms with Crippen LogP contribution < -0.4 is 10.5 Å². The molecular formula is C23H24FN5O. The summed E-state index contributed by atoms with van der Waals surface area (Å²) in [4.78, 5) is 13.8. The number of nitriles is 1. The van der Waals surface area contributed by atoms with E-state index in [1.165, 1.54) is 12.1 Å². The minimum atomic E-state index is -0.449. The summed E-state index contributed by atoms with van der Waals surface area (Å²) < 4.78 is 20.0. The molecule has 0 aliphatic carbocycles. The van der Waals surface area contributed by atoms with E-state index in [2.05, 4.69) is 23.0 Å². The smallest absolute Gasteiger partial charge is 0.258 e. The number of halogens is 1. The minimum absolute atomic E-state index is 0.0881. The lowest BCUT2D eigenvalue weighted by molar-refractivity contribution is 0.216. The Labute approximate surface area is 175 Å². The molecule has 2 aliphatic heterocycles. The van der Waals surface area contributed by atoms with E-state index in [4.69, 9.17) is 15.5 Å². The molecule has 0 spiro atoms. The van der Waals surface area contributed by atoms with E-state index in [0.29, 0.717) is 24.1 Å². The second-order valence-corrected chi connectivity index (χ2v) is 7.71. The Morgan fingerprint density at radius 1 is 1.33 bits per heavy atom. The highest BCUT2D eigenvalue weighted by Gasteiger charge is 2.27. The Hall–Kier alpha value is -3.27. The number of hydrogen-bond acceptors (Lipinski definition) is 6. The fourth-order valence-electron chi connectivity index (χ4n) is 4.11. The Balaban J connectivity index is 1.87. The molecule has 0 fully saturated rings. The topological polar surface area (TPSA) is 97.2 Å². The third-order valence-corrected chi connectivity index (χ3v) is 5.69. The number of nitrogens with zero attached hydrogens (tertiary/aromatic N) is 4. The van der Waals surface area contributed by atoms with E-state index >= 15 is 0 Å². The van der Waals surface area contributed by atoms with E-state index in [-0.39, 0.29) is 23.6 Å². The summed E-state index contributed by atoms with van der Waals surface area (Å²) in [5.41, 5.74) is 10.6. The first kappa shape index (κ1) is 20.0. The summed E-state index contributed by atoms with van der Waals surface area (Å²) in [6.45, 7) is 3.92. The molecule has 0 saturated carbocycles. The summed E-state index contributed by atoms with van der Waals surface area (Å²) in [5.74, 6) is 0.0217. The lowest BCUT2D eigenvalue weighted by Gasteiger charge is -2.25. The molecule has 154 valence electrons. The molecule has 1 aromatic carbocycles. The van der Waals surface area contributed by atoms with Gasteiger partial charge < -0.3 is 10.5 Å². The van der Waals surface area contributed by atoms with Gasteiger partial charge in [0.25, 0.3) is 5.88 Å². The molecule has 0 saturated heterocycles. The van der Waals surface area contributed by atoms with E-state index < -0.39 is 6.10 Å². The van der Waals surface area contributed by atoms with Crippen LogP contribution in [0.3, 0.4) is 0 Å². The predicted molar refractivity (Wildman–Crippen MR) is 113 cm³/mol. The number of nitrogen functional groups attached to an aromatic ring is 1. The molecule has 2 aromatic rings. The van der Waals surface area contributed by atoms with Crippen LogP contribution in [0.4, 0.5) is 10.2 Å². The van der Waals surface area contributed by atoms with Crippen molar-refractivity contribution in [3.63, 3.8) is 0 Å². The first-order valence-electron chi connectivity index (χ1n) is 10.3. The van der Waals surface area contributed by atoms with Crippen molar-refractivity contribution >= 4 is 17.1 Å². The van der Waals surface area contributed by atoms with Crippen LogP contribution in [-0.2, 0) is 6.42 Å². The van der Waals surface area contributed by atoms with Gasteiger partial charge >= 0.3 is 0 Å². The van der Waals surface area contributed by atoms with E-state index in [9.17, 15) is 9.65 Å². The van der Waals surface area contributed by atoms with Crippen LogP contribution in [0.25, 0.3) is 5.57 Å². The summed E-state index contributed by atoms with van der Waals surface area (Å²) in [7, 11) is 0. The predicted octanol–water partition coefficient (Wildman–Crippen LogP) is 4.57. The van der Waals surface area contributed by atoms with Gasteiger partial charge in [-0.1, -0.05) is 13.0 Å². The lowest BCUT2D eigenvalue weighted by atomic mass is 9.88. The van der Waals surface area contributed by atoms with Gasteiger partial charge in [-0.05, 0) is 55.9 Å². The van der Waals surface area contributed by atoms with Crippen molar-refractivity contribution < 1.29 is 9.13 Å². The lowest BCUT2D eigenvalue weighted by Crippen LogP contribution is -2.20. The first-order valence-corrected chi connectivity index (χ1v) is 10.3. The number of hydrogen-bond donors (Lipinski definition) is 1. The number of aliphatic imine (C=N–C) groups is 1. The normalized spacial score (nSPS) is 21.2. The monoisotopic (exact) mass is 405 g/mol. The van der Waals surface area contributed by atoms with Crippen molar-refractivity contribution in [3.05, 3.63) is 52.6 Å². The number of fused-ring (bicyclic) bond motifs is 5. The maximum absolute atomic E-state index is 13.9. The summed E-state index contributed by atoms with van der Waals surface area (Å²) in [5, 5.41) is 9.81. The van der Waals surface area contributed by atoms with Crippen molar-refractivity contribution in [3.8, 4) is 11.9 Å². The highest BCUT2D eigenvalue weighted by atomic mass is 19.1. The van der Waals surface area contributed by atoms with Gasteiger partial charge in [0.15, 0.2) is 5.82 Å². The van der Waals surface area contributed by atoms with Crippen LogP contribution in [0, 0.1) is 17.1 Å². The molecule has 1 aromatic heterocycles. The zero-order valence-electron chi connectivity index (χ0n) is 17.2. The van der Waals surface area contributed by atoms with Crippen molar-refractivity contribution in [2.75, 3.05) is 5.73 Å². The van der Waals surface area contributed by atoms with Crippen molar-refractivity contribution in [1.29, 1.82) is 5.26 Å². The van der Waals surface area contributed by atoms with E-state index in [0.717, 1.165) is 41.7 Å². The number of dihydropyridines is 1. The molecule has 2 bridgehead atoms. The van der Waals surface area contributed by atoms with Crippen LogP contribution in [-0.4, -0.2) is 21.7 Å². The molecule has 3 heterocycles. The number of anilines is 1. The highest BCUT2D eigenvalue weighted by Crippen LogP contribution is 2.34. The van der Waals surface area contributed by atoms with E-state index in [1.54, 1.807) is 12.3 Å². The highest BCUT2D eigenvalue weighted by molar-refractivity contribution is 6.25. The summed E-state index contributed by atoms with van der Waals surface area (Å²) >= 11 is 0. The van der Waals surface area contributed by atoms with Gasteiger partial charge in [0.05, 0.1) is 24.0 Å².